The molecule has 0 fully saturated rings. The monoisotopic (exact) mass is 281 g/mol. The van der Waals surface area contributed by atoms with Crippen LogP contribution in [0.5, 0.6) is 0 Å². The van der Waals surface area contributed by atoms with Crippen LogP contribution in [0.4, 0.5) is 5.69 Å². The molecule has 0 saturated carbocycles. The Morgan fingerprint density at radius 2 is 2.20 bits per heavy atom. The van der Waals surface area contributed by atoms with E-state index in [-0.39, 0.29) is 23.2 Å². The zero-order chi connectivity index (χ0) is 15.1. The maximum Gasteiger partial charge on any atom is 0.340 e. The largest absolute Gasteiger partial charge is 0.479 e. The molecule has 0 saturated heterocycles. The van der Waals surface area contributed by atoms with Crippen molar-refractivity contribution >= 4 is 17.6 Å². The van der Waals surface area contributed by atoms with Gasteiger partial charge in [0.1, 0.15) is 0 Å². The number of hydrogen-bond acceptors (Lipinski definition) is 6. The molecule has 2 rings (SSSR count). The molecule has 1 aromatic carbocycles. The average molecular weight is 281 g/mol. The normalized spacial score (nSPS) is 19.9. The van der Waals surface area contributed by atoms with Crippen LogP contribution in [0.2, 0.25) is 0 Å². The summed E-state index contributed by atoms with van der Waals surface area (Å²) in [7, 11) is 0. The maximum atomic E-state index is 11.6. The van der Waals surface area contributed by atoms with Gasteiger partial charge in [0.25, 0.3) is 5.69 Å². The third kappa shape index (κ3) is 1.90. The lowest BCUT2D eigenvalue weighted by Crippen LogP contribution is -2.44. The number of non-ortho nitro benzene ring substituents is 1. The van der Waals surface area contributed by atoms with Crippen molar-refractivity contribution in [3.63, 3.8) is 0 Å². The van der Waals surface area contributed by atoms with E-state index < -0.39 is 28.6 Å². The number of cyclic esters (lactones) is 1. The van der Waals surface area contributed by atoms with Crippen LogP contribution in [0.3, 0.4) is 0 Å². The molecule has 1 aromatic rings. The highest BCUT2D eigenvalue weighted by Gasteiger charge is 2.51. The van der Waals surface area contributed by atoms with Crippen LogP contribution in [0.15, 0.2) is 18.2 Å². The minimum Gasteiger partial charge on any atom is -0.479 e. The van der Waals surface area contributed by atoms with Gasteiger partial charge in [-0.2, -0.15) is 0 Å². The molecule has 0 radical (unpaired) electrons. The van der Waals surface area contributed by atoms with E-state index in [2.05, 4.69) is 0 Å². The van der Waals surface area contributed by atoms with E-state index in [1.807, 2.05) is 0 Å². The number of carbonyl (C=O) groups excluding carboxylic acids is 1. The van der Waals surface area contributed by atoms with Crippen LogP contribution in [-0.4, -0.2) is 32.7 Å². The lowest BCUT2D eigenvalue weighted by atomic mass is 9.88. The molecule has 2 atom stereocenters. The highest BCUT2D eigenvalue weighted by atomic mass is 16.6. The number of nitro groups is 1. The fourth-order valence-electron chi connectivity index (χ4n) is 2.10. The van der Waals surface area contributed by atoms with Gasteiger partial charge in [0.05, 0.1) is 10.5 Å². The molecular weight excluding hydrogens is 270 g/mol. The number of fused-ring (bicyclic) bond motifs is 1. The highest BCUT2D eigenvalue weighted by Crippen LogP contribution is 2.41. The Morgan fingerprint density at radius 3 is 2.70 bits per heavy atom. The van der Waals surface area contributed by atoms with E-state index in [4.69, 9.17) is 9.84 Å². The third-order valence-electron chi connectivity index (χ3n) is 3.32. The Morgan fingerprint density at radius 1 is 1.55 bits per heavy atom. The Bertz CT molecular complexity index is 612. The Labute approximate surface area is 112 Å². The second kappa shape index (κ2) is 4.57. The summed E-state index contributed by atoms with van der Waals surface area (Å²) in [5.74, 6) is -2.37. The van der Waals surface area contributed by atoms with Crippen LogP contribution < -0.4 is 0 Å². The number of ether oxygens (including phenoxy) is 1. The first-order chi connectivity index (χ1) is 9.31. The molecule has 1 aliphatic heterocycles. The van der Waals surface area contributed by atoms with Gasteiger partial charge in [-0.25, -0.2) is 9.59 Å². The molecule has 20 heavy (non-hydrogen) atoms. The molecule has 0 amide bonds. The predicted molar refractivity (Wildman–Crippen MR) is 64.1 cm³/mol. The van der Waals surface area contributed by atoms with Gasteiger partial charge >= 0.3 is 11.9 Å². The standard InChI is InChI=1S/C12H11NO7/c1-2-12(17,11(15)16)9-8-5-6(13(18)19)3-4-7(8)10(14)20-9/h3-5,9,17H,2H2,1H3,(H,15,16). The molecule has 0 aliphatic carbocycles. The number of carbonyl (C=O) groups is 2. The number of nitro benzene ring substituents is 1. The van der Waals surface area contributed by atoms with Crippen LogP contribution in [0.25, 0.3) is 0 Å². The number of nitrogens with zero attached hydrogens (tertiary/aromatic N) is 1. The quantitative estimate of drug-likeness (QED) is 0.479. The lowest BCUT2D eigenvalue weighted by Gasteiger charge is -2.27. The Balaban J connectivity index is 2.58. The second-order valence-electron chi connectivity index (χ2n) is 4.40. The molecule has 1 heterocycles. The van der Waals surface area contributed by atoms with Crippen molar-refractivity contribution in [2.45, 2.75) is 25.0 Å². The SMILES string of the molecule is CCC(O)(C(=O)O)C1OC(=O)c2ccc([N+](=O)[O-])cc21. The predicted octanol–water partition coefficient (Wildman–Crippen LogP) is 1.03. The minimum absolute atomic E-state index is 0.0101. The Kier molecular flexibility index (Phi) is 3.18. The molecule has 2 unspecified atom stereocenters. The number of aliphatic carboxylic acids is 1. The van der Waals surface area contributed by atoms with E-state index in [0.29, 0.717) is 0 Å². The number of hydrogen-bond donors (Lipinski definition) is 2. The molecule has 0 aromatic heterocycles. The summed E-state index contributed by atoms with van der Waals surface area (Å²) in [4.78, 5) is 32.9. The van der Waals surface area contributed by atoms with Crippen molar-refractivity contribution in [2.24, 2.45) is 0 Å². The van der Waals surface area contributed by atoms with E-state index >= 15 is 0 Å². The van der Waals surface area contributed by atoms with Gasteiger partial charge in [0.15, 0.2) is 6.10 Å². The van der Waals surface area contributed by atoms with Crippen molar-refractivity contribution in [3.05, 3.63) is 39.4 Å². The van der Waals surface area contributed by atoms with E-state index in [1.54, 1.807) is 0 Å². The van der Waals surface area contributed by atoms with Gasteiger partial charge in [0.2, 0.25) is 5.60 Å². The number of esters is 1. The first-order valence-corrected chi connectivity index (χ1v) is 5.76. The van der Waals surface area contributed by atoms with E-state index in [0.717, 1.165) is 12.1 Å². The van der Waals surface area contributed by atoms with Gasteiger partial charge in [-0.1, -0.05) is 6.92 Å². The molecule has 8 heteroatoms. The zero-order valence-corrected chi connectivity index (χ0v) is 10.4. The summed E-state index contributed by atoms with van der Waals surface area (Å²) >= 11 is 0. The minimum atomic E-state index is -2.32. The lowest BCUT2D eigenvalue weighted by molar-refractivity contribution is -0.385. The van der Waals surface area contributed by atoms with Crippen molar-refractivity contribution in [1.82, 2.24) is 0 Å². The van der Waals surface area contributed by atoms with Gasteiger partial charge in [-0.05, 0) is 12.5 Å². The van der Waals surface area contributed by atoms with Crippen LogP contribution >= 0.6 is 0 Å². The molecule has 0 spiro atoms. The summed E-state index contributed by atoms with van der Waals surface area (Å²) in [6.07, 6.45) is -1.69. The molecule has 106 valence electrons. The summed E-state index contributed by atoms with van der Waals surface area (Å²) in [6.45, 7) is 1.41. The number of benzene rings is 1. The first-order valence-electron chi connectivity index (χ1n) is 5.76. The second-order valence-corrected chi connectivity index (χ2v) is 4.40. The van der Waals surface area contributed by atoms with Crippen molar-refractivity contribution in [3.8, 4) is 0 Å². The number of carboxylic acids is 1. The number of aliphatic hydroxyl groups is 1. The molecule has 1 aliphatic rings. The summed E-state index contributed by atoms with van der Waals surface area (Å²) < 4.78 is 4.89. The number of rotatable bonds is 4. The number of carboxylic acid groups (broad SMARTS) is 1. The highest BCUT2D eigenvalue weighted by molar-refractivity contribution is 5.96. The fourth-order valence-corrected chi connectivity index (χ4v) is 2.10. The fraction of sp³-hybridized carbons (Fsp3) is 0.333. The van der Waals surface area contributed by atoms with Crippen LogP contribution in [-0.2, 0) is 9.53 Å². The molecular formula is C12H11NO7. The molecule has 2 N–H and O–H groups in total. The smallest absolute Gasteiger partial charge is 0.340 e. The van der Waals surface area contributed by atoms with Crippen molar-refractivity contribution in [2.75, 3.05) is 0 Å². The zero-order valence-electron chi connectivity index (χ0n) is 10.4. The average Bonchev–Trinajstić information content (AvgIpc) is 2.75. The summed E-state index contributed by atoms with van der Waals surface area (Å²) in [6, 6.07) is 3.36. The summed E-state index contributed by atoms with van der Waals surface area (Å²) in [5, 5.41) is 30.0. The topological polar surface area (TPSA) is 127 Å². The van der Waals surface area contributed by atoms with Crippen LogP contribution in [0.1, 0.15) is 35.4 Å². The van der Waals surface area contributed by atoms with Gasteiger partial charge in [-0.15, -0.1) is 0 Å². The van der Waals surface area contributed by atoms with E-state index in [1.165, 1.54) is 13.0 Å². The van der Waals surface area contributed by atoms with Crippen molar-refractivity contribution in [1.29, 1.82) is 0 Å². The Hall–Kier alpha value is -2.48. The van der Waals surface area contributed by atoms with Gasteiger partial charge in [0, 0.05) is 17.7 Å². The molecule has 8 nitrogen and oxygen atoms in total. The maximum absolute atomic E-state index is 11.6. The van der Waals surface area contributed by atoms with Crippen LogP contribution in [0, 0.1) is 10.1 Å². The third-order valence-corrected chi connectivity index (χ3v) is 3.32. The van der Waals surface area contributed by atoms with Gasteiger partial charge < -0.3 is 14.9 Å². The van der Waals surface area contributed by atoms with Crippen molar-refractivity contribution < 1.29 is 29.5 Å². The van der Waals surface area contributed by atoms with Gasteiger partial charge in [-0.3, -0.25) is 10.1 Å². The summed E-state index contributed by atoms with van der Waals surface area (Å²) in [5.41, 5.74) is -2.60. The van der Waals surface area contributed by atoms with E-state index in [9.17, 15) is 24.8 Å². The first kappa shape index (κ1) is 13.9. The molecule has 0 bridgehead atoms.